The number of hydrogen-bond acceptors (Lipinski definition) is 4. The first-order chi connectivity index (χ1) is 7.63. The van der Waals surface area contributed by atoms with Gasteiger partial charge < -0.3 is 10.0 Å². The summed E-state index contributed by atoms with van der Waals surface area (Å²) in [6.07, 6.45) is 2.66. The molecule has 1 aliphatic heterocycles. The third-order valence-electron chi connectivity index (χ3n) is 2.62. The van der Waals surface area contributed by atoms with Crippen molar-refractivity contribution in [3.63, 3.8) is 0 Å². The smallest absolute Gasteiger partial charge is 0.326 e. The van der Waals surface area contributed by atoms with Gasteiger partial charge in [0.25, 0.3) is 0 Å². The van der Waals surface area contributed by atoms with E-state index in [1.165, 1.54) is 12.3 Å². The molecule has 1 fully saturated rings. The summed E-state index contributed by atoms with van der Waals surface area (Å²) < 4.78 is 0. The lowest BCUT2D eigenvalue weighted by atomic mass is 10.0. The summed E-state index contributed by atoms with van der Waals surface area (Å²) in [5.41, 5.74) is 0.893. The third-order valence-corrected chi connectivity index (χ3v) is 2.83. The fraction of sp³-hybridized carbons (Fsp3) is 0.300. The molecule has 0 aromatic carbocycles. The molecule has 0 aliphatic carbocycles. The van der Waals surface area contributed by atoms with E-state index in [2.05, 4.69) is 4.98 Å². The van der Waals surface area contributed by atoms with Gasteiger partial charge in [0.05, 0.1) is 11.9 Å². The maximum atomic E-state index is 10.9. The van der Waals surface area contributed by atoms with Gasteiger partial charge in [0.2, 0.25) is 0 Å². The first-order valence-corrected chi connectivity index (χ1v) is 5.11. The minimum atomic E-state index is -0.891. The van der Waals surface area contributed by atoms with E-state index < -0.39 is 12.0 Å². The summed E-state index contributed by atoms with van der Waals surface area (Å²) in [6.45, 7) is 0.612. The number of carbonyl (C=O) groups is 2. The highest BCUT2D eigenvalue weighted by Crippen LogP contribution is 2.29. The van der Waals surface area contributed by atoms with E-state index in [1.54, 1.807) is 4.90 Å². The van der Waals surface area contributed by atoms with E-state index in [0.717, 1.165) is 0 Å². The second-order valence-corrected chi connectivity index (χ2v) is 3.91. The fourth-order valence-corrected chi connectivity index (χ4v) is 1.87. The molecule has 1 unspecified atom stereocenters. The average Bonchev–Trinajstić information content (AvgIpc) is 2.18. The average molecular weight is 241 g/mol. The number of carboxylic acid groups (broad SMARTS) is 1. The van der Waals surface area contributed by atoms with Gasteiger partial charge in [0.15, 0.2) is 6.29 Å². The summed E-state index contributed by atoms with van der Waals surface area (Å²) in [5.74, 6) is -0.891. The van der Waals surface area contributed by atoms with Crippen LogP contribution in [0, 0.1) is 0 Å². The molecule has 2 heterocycles. The van der Waals surface area contributed by atoms with E-state index in [1.807, 2.05) is 0 Å². The molecular formula is C10H9ClN2O3. The Bertz CT molecular complexity index is 450. The Labute approximate surface area is 96.7 Å². The van der Waals surface area contributed by atoms with Crippen LogP contribution in [0.2, 0.25) is 5.15 Å². The van der Waals surface area contributed by atoms with E-state index in [4.69, 9.17) is 16.7 Å². The second-order valence-electron chi connectivity index (χ2n) is 3.52. The highest BCUT2D eigenvalue weighted by atomic mass is 35.5. The molecule has 0 bridgehead atoms. The molecular weight excluding hydrogens is 232 g/mol. The van der Waals surface area contributed by atoms with Crippen molar-refractivity contribution >= 4 is 29.5 Å². The minimum Gasteiger partial charge on any atom is -0.480 e. The number of carbonyl (C=O) groups excluding carboxylic acids is 1. The van der Waals surface area contributed by atoms with Crippen LogP contribution >= 0.6 is 11.6 Å². The Hall–Kier alpha value is -1.62. The Balaban J connectivity index is 2.33. The molecule has 84 valence electrons. The number of carboxylic acids is 1. The maximum absolute atomic E-state index is 10.9. The van der Waals surface area contributed by atoms with Crippen LogP contribution in [-0.4, -0.2) is 34.9 Å². The summed E-state index contributed by atoms with van der Waals surface area (Å²) in [4.78, 5) is 27.2. The van der Waals surface area contributed by atoms with Crippen LogP contribution in [0.3, 0.4) is 0 Å². The van der Waals surface area contributed by atoms with E-state index in [9.17, 15) is 9.59 Å². The van der Waals surface area contributed by atoms with Crippen molar-refractivity contribution in [2.75, 3.05) is 11.4 Å². The highest BCUT2D eigenvalue weighted by Gasteiger charge is 2.35. The van der Waals surface area contributed by atoms with Gasteiger partial charge in [-0.3, -0.25) is 4.79 Å². The first-order valence-electron chi connectivity index (χ1n) is 4.73. The van der Waals surface area contributed by atoms with E-state index in [0.29, 0.717) is 30.5 Å². The van der Waals surface area contributed by atoms with Crippen molar-refractivity contribution in [3.05, 3.63) is 23.0 Å². The van der Waals surface area contributed by atoms with E-state index in [-0.39, 0.29) is 5.15 Å². The van der Waals surface area contributed by atoms with Crippen LogP contribution in [0.1, 0.15) is 16.8 Å². The molecule has 16 heavy (non-hydrogen) atoms. The summed E-state index contributed by atoms with van der Waals surface area (Å²) in [7, 11) is 0. The lowest BCUT2D eigenvalue weighted by Gasteiger charge is -2.40. The zero-order valence-electron chi connectivity index (χ0n) is 8.26. The molecule has 0 radical (unpaired) electrons. The van der Waals surface area contributed by atoms with Crippen LogP contribution in [0.5, 0.6) is 0 Å². The fourth-order valence-electron chi connectivity index (χ4n) is 1.70. The summed E-state index contributed by atoms with van der Waals surface area (Å²) >= 11 is 5.66. The number of aldehydes is 1. The SMILES string of the molecule is O=Cc1cc(Cl)ncc1N1CCC1C(=O)O. The van der Waals surface area contributed by atoms with Crippen molar-refractivity contribution < 1.29 is 14.7 Å². The van der Waals surface area contributed by atoms with Crippen molar-refractivity contribution in [3.8, 4) is 0 Å². The van der Waals surface area contributed by atoms with Crippen LogP contribution in [-0.2, 0) is 4.79 Å². The maximum Gasteiger partial charge on any atom is 0.326 e. The number of pyridine rings is 1. The molecule has 5 nitrogen and oxygen atoms in total. The Morgan fingerprint density at radius 2 is 2.44 bits per heavy atom. The zero-order valence-corrected chi connectivity index (χ0v) is 9.02. The third kappa shape index (κ3) is 1.74. The largest absolute Gasteiger partial charge is 0.480 e. The van der Waals surface area contributed by atoms with Gasteiger partial charge in [-0.25, -0.2) is 9.78 Å². The predicted molar refractivity (Wildman–Crippen MR) is 58.0 cm³/mol. The number of aromatic nitrogens is 1. The van der Waals surface area contributed by atoms with Crippen molar-refractivity contribution in [1.29, 1.82) is 0 Å². The molecule has 1 N–H and O–H groups in total. The number of aliphatic carboxylic acids is 1. The molecule has 2 rings (SSSR count). The zero-order chi connectivity index (χ0) is 11.7. The molecule has 0 saturated carbocycles. The lowest BCUT2D eigenvalue weighted by Crippen LogP contribution is -2.53. The van der Waals surface area contributed by atoms with Gasteiger partial charge in [0, 0.05) is 12.1 Å². The molecule has 0 spiro atoms. The van der Waals surface area contributed by atoms with Gasteiger partial charge in [0.1, 0.15) is 11.2 Å². The lowest BCUT2D eigenvalue weighted by molar-refractivity contribution is -0.139. The Morgan fingerprint density at radius 3 is 2.94 bits per heavy atom. The van der Waals surface area contributed by atoms with E-state index >= 15 is 0 Å². The Morgan fingerprint density at radius 1 is 1.69 bits per heavy atom. The van der Waals surface area contributed by atoms with Crippen LogP contribution in [0.4, 0.5) is 5.69 Å². The van der Waals surface area contributed by atoms with Crippen molar-refractivity contribution in [2.45, 2.75) is 12.5 Å². The predicted octanol–water partition coefficient (Wildman–Crippen LogP) is 1.21. The van der Waals surface area contributed by atoms with Gasteiger partial charge in [-0.05, 0) is 12.5 Å². The number of rotatable bonds is 3. The first kappa shape index (κ1) is 10.9. The van der Waals surface area contributed by atoms with Crippen LogP contribution < -0.4 is 4.90 Å². The normalized spacial score (nSPS) is 19.1. The molecule has 1 aromatic rings. The molecule has 1 atom stereocenters. The quantitative estimate of drug-likeness (QED) is 0.635. The highest BCUT2D eigenvalue weighted by molar-refractivity contribution is 6.29. The van der Waals surface area contributed by atoms with Crippen LogP contribution in [0.25, 0.3) is 0 Å². The Kier molecular flexibility index (Phi) is 2.78. The number of hydrogen-bond donors (Lipinski definition) is 1. The molecule has 1 saturated heterocycles. The van der Waals surface area contributed by atoms with Gasteiger partial charge in [-0.2, -0.15) is 0 Å². The monoisotopic (exact) mass is 240 g/mol. The van der Waals surface area contributed by atoms with Crippen molar-refractivity contribution in [2.24, 2.45) is 0 Å². The minimum absolute atomic E-state index is 0.221. The molecule has 1 aliphatic rings. The summed E-state index contributed by atoms with van der Waals surface area (Å²) in [5, 5.41) is 9.13. The van der Waals surface area contributed by atoms with Gasteiger partial charge >= 0.3 is 5.97 Å². The van der Waals surface area contributed by atoms with Gasteiger partial charge in [-0.1, -0.05) is 11.6 Å². The summed E-state index contributed by atoms with van der Waals surface area (Å²) in [6, 6.07) is 0.864. The topological polar surface area (TPSA) is 70.5 Å². The molecule has 1 aromatic heterocycles. The van der Waals surface area contributed by atoms with Gasteiger partial charge in [-0.15, -0.1) is 0 Å². The van der Waals surface area contributed by atoms with Crippen molar-refractivity contribution in [1.82, 2.24) is 4.98 Å². The standard InChI is InChI=1S/C10H9ClN2O3/c11-9-3-6(5-14)8(4-12-9)13-2-1-7(13)10(15)16/h3-5,7H,1-2H2,(H,15,16). The number of anilines is 1. The second kappa shape index (κ2) is 4.09. The molecule has 6 heteroatoms. The van der Waals surface area contributed by atoms with Crippen LogP contribution in [0.15, 0.2) is 12.3 Å². The number of halogens is 1. The molecule has 0 amide bonds. The number of nitrogens with zero attached hydrogens (tertiary/aromatic N) is 2.